The highest BCUT2D eigenvalue weighted by Gasteiger charge is 2.23. The summed E-state index contributed by atoms with van der Waals surface area (Å²) in [5.41, 5.74) is 3.34. The Balaban J connectivity index is 1.35. The smallest absolute Gasteiger partial charge is 0.297 e. The molecule has 9 heteroatoms. The average molecular weight is 475 g/mol. The lowest BCUT2D eigenvalue weighted by atomic mass is 10.1. The first kappa shape index (κ1) is 21.1. The molecule has 0 unspecified atom stereocenters. The van der Waals surface area contributed by atoms with E-state index in [1.54, 1.807) is 4.57 Å². The van der Waals surface area contributed by atoms with Gasteiger partial charge in [-0.25, -0.2) is 4.98 Å². The van der Waals surface area contributed by atoms with Crippen LogP contribution in [0.4, 0.5) is 0 Å². The molecule has 8 nitrogen and oxygen atoms in total. The van der Waals surface area contributed by atoms with E-state index in [1.807, 2.05) is 55.5 Å². The van der Waals surface area contributed by atoms with Crippen LogP contribution in [0.1, 0.15) is 24.3 Å². The predicted molar refractivity (Wildman–Crippen MR) is 129 cm³/mol. The number of fused-ring (bicyclic) bond motifs is 3. The Morgan fingerprint density at radius 2 is 1.97 bits per heavy atom. The molecule has 1 saturated heterocycles. The molecule has 1 aliphatic heterocycles. The molecule has 0 aliphatic carbocycles. The Hall–Kier alpha value is -3.43. The summed E-state index contributed by atoms with van der Waals surface area (Å²) in [5.74, 6) is 1.39. The largest absolute Gasteiger partial charge is 0.448 e. The Morgan fingerprint density at radius 1 is 1.12 bits per heavy atom. The highest BCUT2D eigenvalue weighted by molar-refractivity contribution is 7.98. The van der Waals surface area contributed by atoms with Gasteiger partial charge in [0.25, 0.3) is 5.56 Å². The lowest BCUT2D eigenvalue weighted by Gasteiger charge is -2.15. The van der Waals surface area contributed by atoms with Crippen LogP contribution in [0.5, 0.6) is 0 Å². The van der Waals surface area contributed by atoms with Gasteiger partial charge in [0.2, 0.25) is 17.3 Å². The first-order valence-electron chi connectivity index (χ1n) is 11.2. The molecule has 3 aromatic heterocycles. The number of aromatic nitrogens is 4. The monoisotopic (exact) mass is 474 g/mol. The van der Waals surface area contributed by atoms with Crippen LogP contribution in [0.15, 0.2) is 67.4 Å². The molecule has 34 heavy (non-hydrogen) atoms. The summed E-state index contributed by atoms with van der Waals surface area (Å²) < 4.78 is 18.8. The zero-order valence-corrected chi connectivity index (χ0v) is 19.4. The molecule has 4 heterocycles. The fourth-order valence-corrected chi connectivity index (χ4v) is 5.02. The quantitative estimate of drug-likeness (QED) is 0.251. The summed E-state index contributed by atoms with van der Waals surface area (Å²) in [7, 11) is 0. The molecule has 172 valence electrons. The molecule has 1 fully saturated rings. The number of hydrogen-bond donors (Lipinski definition) is 0. The summed E-state index contributed by atoms with van der Waals surface area (Å²) in [6.45, 7) is 3.18. The van der Waals surface area contributed by atoms with Crippen LogP contribution in [0, 0.1) is 6.92 Å². The fourth-order valence-electron chi connectivity index (χ4n) is 4.18. The van der Waals surface area contributed by atoms with Gasteiger partial charge < -0.3 is 13.7 Å². The van der Waals surface area contributed by atoms with Crippen LogP contribution in [0.2, 0.25) is 0 Å². The van der Waals surface area contributed by atoms with Crippen molar-refractivity contribution in [2.24, 2.45) is 0 Å². The van der Waals surface area contributed by atoms with Crippen LogP contribution in [-0.4, -0.2) is 32.4 Å². The fraction of sp³-hybridized carbons (Fsp3) is 0.280. The molecule has 0 bridgehead atoms. The van der Waals surface area contributed by atoms with E-state index in [0.717, 1.165) is 23.8 Å². The number of thioether (sulfide) groups is 1. The topological polar surface area (TPSA) is 96.2 Å². The zero-order chi connectivity index (χ0) is 23.1. The molecule has 0 radical (unpaired) electrons. The van der Waals surface area contributed by atoms with Gasteiger partial charge in [-0.2, -0.15) is 4.98 Å². The highest BCUT2D eigenvalue weighted by atomic mass is 32.2. The minimum atomic E-state index is -0.204. The number of furan rings is 1. The lowest BCUT2D eigenvalue weighted by molar-refractivity contribution is 0.0936. The standard InChI is InChI=1S/C25H22N4O4S/c1-15-8-10-16(11-9-15)23-26-20(33-28-23)14-34-25-27-21-18-6-2-3-7-19(18)32-22(21)24(30)29(25)13-17-5-4-12-31-17/h2-3,6-11,17H,4-5,12-14H2,1H3/t17-/m1/s1. The second kappa shape index (κ2) is 8.73. The van der Waals surface area contributed by atoms with Crippen LogP contribution >= 0.6 is 11.8 Å². The summed E-state index contributed by atoms with van der Waals surface area (Å²) in [4.78, 5) is 22.8. The maximum absolute atomic E-state index is 13.4. The molecule has 5 aromatic rings. The number of rotatable bonds is 6. The number of benzene rings is 2. The highest BCUT2D eigenvalue weighted by Crippen LogP contribution is 2.29. The predicted octanol–water partition coefficient (Wildman–Crippen LogP) is 4.97. The molecular formula is C25H22N4O4S. The summed E-state index contributed by atoms with van der Waals surface area (Å²) in [5, 5.41) is 5.51. The maximum Gasteiger partial charge on any atom is 0.297 e. The minimum Gasteiger partial charge on any atom is -0.448 e. The molecule has 0 saturated carbocycles. The van der Waals surface area contributed by atoms with E-state index in [1.165, 1.54) is 17.3 Å². The number of aryl methyl sites for hydroxylation is 1. The van der Waals surface area contributed by atoms with Gasteiger partial charge in [-0.15, -0.1) is 0 Å². The van der Waals surface area contributed by atoms with E-state index < -0.39 is 0 Å². The minimum absolute atomic E-state index is 0.0165. The van der Waals surface area contributed by atoms with Crippen molar-refractivity contribution >= 4 is 33.8 Å². The lowest BCUT2D eigenvalue weighted by Crippen LogP contribution is -2.28. The first-order chi connectivity index (χ1) is 16.7. The van der Waals surface area contributed by atoms with Gasteiger partial charge in [-0.3, -0.25) is 9.36 Å². The Labute approximate surface area is 198 Å². The van der Waals surface area contributed by atoms with Gasteiger partial charge in [0.15, 0.2) is 5.16 Å². The summed E-state index contributed by atoms with van der Waals surface area (Å²) in [6, 6.07) is 15.5. The van der Waals surface area contributed by atoms with Gasteiger partial charge >= 0.3 is 0 Å². The molecule has 1 aliphatic rings. The molecule has 6 rings (SSSR count). The number of hydrogen-bond acceptors (Lipinski definition) is 8. The van der Waals surface area contributed by atoms with Gasteiger partial charge in [0.05, 0.1) is 18.4 Å². The van der Waals surface area contributed by atoms with Crippen molar-refractivity contribution in [1.82, 2.24) is 19.7 Å². The van der Waals surface area contributed by atoms with Crippen LogP contribution in [0.25, 0.3) is 33.5 Å². The number of ether oxygens (including phenoxy) is 1. The molecule has 0 N–H and O–H groups in total. The maximum atomic E-state index is 13.4. The van der Waals surface area contributed by atoms with Crippen LogP contribution < -0.4 is 5.56 Å². The molecule has 0 amide bonds. The second-order valence-corrected chi connectivity index (χ2v) is 9.33. The van der Waals surface area contributed by atoms with E-state index in [-0.39, 0.29) is 17.2 Å². The van der Waals surface area contributed by atoms with Crippen molar-refractivity contribution in [1.29, 1.82) is 0 Å². The molecule has 2 aromatic carbocycles. The average Bonchev–Trinajstić information content (AvgIpc) is 3.61. The van der Waals surface area contributed by atoms with Crippen molar-refractivity contribution in [3.05, 3.63) is 70.3 Å². The van der Waals surface area contributed by atoms with E-state index in [9.17, 15) is 4.79 Å². The SMILES string of the molecule is Cc1ccc(-c2noc(CSc3nc4c(oc5ccccc54)c(=O)n3C[C@H]3CCCO3)n2)cc1. The number of nitrogens with zero attached hydrogens (tertiary/aromatic N) is 4. The van der Waals surface area contributed by atoms with E-state index >= 15 is 0 Å². The van der Waals surface area contributed by atoms with E-state index in [2.05, 4.69) is 10.1 Å². The second-order valence-electron chi connectivity index (χ2n) is 8.39. The van der Waals surface area contributed by atoms with Gasteiger partial charge in [0, 0.05) is 17.6 Å². The van der Waals surface area contributed by atoms with Crippen molar-refractivity contribution in [3.63, 3.8) is 0 Å². The van der Waals surface area contributed by atoms with Crippen LogP contribution in [0.3, 0.4) is 0 Å². The van der Waals surface area contributed by atoms with Gasteiger partial charge in [0.1, 0.15) is 11.1 Å². The Kier molecular flexibility index (Phi) is 5.43. The zero-order valence-electron chi connectivity index (χ0n) is 18.6. The molecular weight excluding hydrogens is 452 g/mol. The molecule has 0 spiro atoms. The van der Waals surface area contributed by atoms with Gasteiger partial charge in [-0.05, 0) is 31.9 Å². The number of para-hydroxylation sites is 1. The molecule has 1 atom stereocenters. The van der Waals surface area contributed by atoms with Gasteiger partial charge in [-0.1, -0.05) is 58.9 Å². The third-order valence-corrected chi connectivity index (χ3v) is 6.92. The summed E-state index contributed by atoms with van der Waals surface area (Å²) >= 11 is 1.39. The third-order valence-electron chi connectivity index (χ3n) is 5.96. The van der Waals surface area contributed by atoms with Crippen molar-refractivity contribution < 1.29 is 13.7 Å². The third kappa shape index (κ3) is 3.91. The normalized spacial score (nSPS) is 16.1. The van der Waals surface area contributed by atoms with E-state index in [4.69, 9.17) is 18.7 Å². The Bertz CT molecular complexity index is 1530. The van der Waals surface area contributed by atoms with Crippen molar-refractivity contribution in [2.75, 3.05) is 6.61 Å². The van der Waals surface area contributed by atoms with Crippen molar-refractivity contribution in [3.8, 4) is 11.4 Å². The van der Waals surface area contributed by atoms with Crippen LogP contribution in [-0.2, 0) is 17.0 Å². The Morgan fingerprint density at radius 3 is 2.79 bits per heavy atom. The summed E-state index contributed by atoms with van der Waals surface area (Å²) in [6.07, 6.45) is 1.89. The van der Waals surface area contributed by atoms with E-state index in [0.29, 0.717) is 46.9 Å². The van der Waals surface area contributed by atoms with Crippen molar-refractivity contribution in [2.45, 2.75) is 43.3 Å². The first-order valence-corrected chi connectivity index (χ1v) is 12.2.